The van der Waals surface area contributed by atoms with Crippen molar-refractivity contribution in [3.63, 3.8) is 0 Å². The molecule has 1 unspecified atom stereocenters. The van der Waals surface area contributed by atoms with E-state index >= 15 is 0 Å². The van der Waals surface area contributed by atoms with Gasteiger partial charge in [-0.25, -0.2) is 9.97 Å². The molecule has 5 rings (SSSR count). The average Bonchev–Trinajstić information content (AvgIpc) is 2.78. The highest BCUT2D eigenvalue weighted by Gasteiger charge is 2.34. The summed E-state index contributed by atoms with van der Waals surface area (Å²) in [5, 5.41) is 20.4. The van der Waals surface area contributed by atoms with Gasteiger partial charge in [0.15, 0.2) is 11.4 Å². The molecule has 30 heavy (non-hydrogen) atoms. The average molecular weight is 390 g/mol. The molecule has 3 aromatic carbocycles. The number of aromatic nitrogens is 2. The molecule has 4 aromatic rings. The Balaban J connectivity index is 1.99. The predicted octanol–water partition coefficient (Wildman–Crippen LogP) is 4.28. The van der Waals surface area contributed by atoms with Gasteiger partial charge in [0, 0.05) is 22.3 Å². The van der Waals surface area contributed by atoms with Crippen LogP contribution in [0, 0.1) is 29.6 Å². The predicted molar refractivity (Wildman–Crippen MR) is 110 cm³/mol. The van der Waals surface area contributed by atoms with Gasteiger partial charge < -0.3 is 4.74 Å². The fraction of sp³-hybridized carbons (Fsp3) is 0.125. The van der Waals surface area contributed by atoms with Crippen molar-refractivity contribution in [2.24, 2.45) is 0 Å². The lowest BCUT2D eigenvalue weighted by Crippen LogP contribution is -2.22. The van der Waals surface area contributed by atoms with Crippen molar-refractivity contribution in [1.29, 1.82) is 10.5 Å². The van der Waals surface area contributed by atoms with Crippen LogP contribution in [-0.2, 0) is 4.79 Å². The van der Waals surface area contributed by atoms with Gasteiger partial charge in [-0.1, -0.05) is 48.5 Å². The quantitative estimate of drug-likeness (QED) is 0.273. The van der Waals surface area contributed by atoms with Crippen molar-refractivity contribution in [2.75, 3.05) is 0 Å². The second kappa shape index (κ2) is 6.65. The molecule has 0 N–H and O–H groups in total. The highest BCUT2D eigenvalue weighted by atomic mass is 16.5. The first kappa shape index (κ1) is 17.8. The Morgan fingerprint density at radius 2 is 1.57 bits per heavy atom. The van der Waals surface area contributed by atoms with E-state index in [0.29, 0.717) is 16.8 Å². The van der Waals surface area contributed by atoms with Gasteiger partial charge in [-0.2, -0.15) is 10.5 Å². The summed E-state index contributed by atoms with van der Waals surface area (Å²) in [4.78, 5) is 21.6. The minimum Gasteiger partial charge on any atom is -0.425 e. The molecule has 0 aliphatic carbocycles. The Labute approximate surface area is 172 Å². The number of rotatable bonds is 1. The highest BCUT2D eigenvalue weighted by Crippen LogP contribution is 2.47. The number of ether oxygens (including phenoxy) is 1. The lowest BCUT2D eigenvalue weighted by molar-refractivity contribution is -0.135. The Kier molecular flexibility index (Phi) is 3.94. The van der Waals surface area contributed by atoms with Crippen molar-refractivity contribution in [2.45, 2.75) is 19.3 Å². The number of hydrogen-bond acceptors (Lipinski definition) is 6. The highest BCUT2D eigenvalue weighted by molar-refractivity contribution is 6.11. The van der Waals surface area contributed by atoms with Crippen LogP contribution in [0.15, 0.2) is 48.5 Å². The topological polar surface area (TPSA) is 99.7 Å². The maximum absolute atomic E-state index is 12.6. The van der Waals surface area contributed by atoms with Crippen molar-refractivity contribution < 1.29 is 9.53 Å². The normalized spacial score (nSPS) is 15.3. The van der Waals surface area contributed by atoms with Gasteiger partial charge in [0.05, 0.1) is 17.5 Å². The molecule has 0 bridgehead atoms. The third-order valence-corrected chi connectivity index (χ3v) is 5.53. The molecule has 0 saturated heterocycles. The van der Waals surface area contributed by atoms with Crippen LogP contribution in [0.2, 0.25) is 0 Å². The zero-order chi connectivity index (χ0) is 20.8. The first-order chi connectivity index (χ1) is 14.6. The number of aryl methyl sites for hydroxylation is 1. The number of hydrogen-bond donors (Lipinski definition) is 0. The summed E-state index contributed by atoms with van der Waals surface area (Å²) in [7, 11) is 0. The van der Waals surface area contributed by atoms with Gasteiger partial charge in [-0.3, -0.25) is 4.79 Å². The lowest BCUT2D eigenvalue weighted by Gasteiger charge is -2.28. The monoisotopic (exact) mass is 390 g/mol. The number of fused-ring (bicyclic) bond motifs is 6. The van der Waals surface area contributed by atoms with Crippen molar-refractivity contribution in [1.82, 2.24) is 9.97 Å². The minimum atomic E-state index is -0.317. The van der Waals surface area contributed by atoms with Crippen molar-refractivity contribution in [3.05, 3.63) is 76.6 Å². The lowest BCUT2D eigenvalue weighted by atomic mass is 9.82. The van der Waals surface area contributed by atoms with Gasteiger partial charge in [-0.05, 0) is 18.1 Å². The first-order valence-corrected chi connectivity index (χ1v) is 9.45. The Bertz CT molecular complexity index is 1460. The Morgan fingerprint density at radius 1 is 0.933 bits per heavy atom. The van der Waals surface area contributed by atoms with E-state index in [2.05, 4.69) is 9.97 Å². The number of nitriles is 2. The molecule has 0 amide bonds. The summed E-state index contributed by atoms with van der Waals surface area (Å²) in [5.74, 6) is -0.156. The van der Waals surface area contributed by atoms with Crippen molar-refractivity contribution >= 4 is 27.8 Å². The fourth-order valence-electron chi connectivity index (χ4n) is 4.21. The SMILES string of the molecule is Cc1ccccc1C1CC(=O)Oc2c1c1nc(C#N)c(C#N)nc1c1ccccc21. The van der Waals surface area contributed by atoms with E-state index in [1.54, 1.807) is 0 Å². The molecule has 1 aliphatic rings. The number of carbonyl (C=O) groups is 1. The molecular weight excluding hydrogens is 376 g/mol. The number of esters is 1. The third-order valence-electron chi connectivity index (χ3n) is 5.53. The van der Waals surface area contributed by atoms with Crippen LogP contribution in [0.1, 0.15) is 40.4 Å². The minimum absolute atomic E-state index is 0.0182. The van der Waals surface area contributed by atoms with E-state index in [-0.39, 0.29) is 29.7 Å². The Morgan fingerprint density at radius 3 is 2.27 bits per heavy atom. The van der Waals surface area contributed by atoms with E-state index in [4.69, 9.17) is 4.74 Å². The van der Waals surface area contributed by atoms with Gasteiger partial charge in [0.25, 0.3) is 0 Å². The largest absolute Gasteiger partial charge is 0.425 e. The summed E-state index contributed by atoms with van der Waals surface area (Å²) in [6.45, 7) is 2.00. The van der Waals surface area contributed by atoms with Gasteiger partial charge in [0.1, 0.15) is 17.9 Å². The standard InChI is InChI=1S/C24H14N4O2/c1-13-6-2-3-7-14(13)17-10-20(29)30-24-16-9-5-4-8-15(16)22-23(21(17)24)28-19(12-26)18(11-25)27-22/h2-9,17H,10H2,1H3. The van der Waals surface area contributed by atoms with Crippen LogP contribution in [0.4, 0.5) is 0 Å². The van der Waals surface area contributed by atoms with Crippen LogP contribution < -0.4 is 4.74 Å². The molecule has 1 aliphatic heterocycles. The van der Waals surface area contributed by atoms with Crippen molar-refractivity contribution in [3.8, 4) is 17.9 Å². The van der Waals surface area contributed by atoms with E-state index in [1.165, 1.54) is 0 Å². The van der Waals surface area contributed by atoms with Crippen LogP contribution in [0.3, 0.4) is 0 Å². The first-order valence-electron chi connectivity index (χ1n) is 9.45. The fourth-order valence-corrected chi connectivity index (χ4v) is 4.21. The summed E-state index contributed by atoms with van der Waals surface area (Å²) in [5.41, 5.74) is 3.73. The van der Waals surface area contributed by atoms with Crippen LogP contribution >= 0.6 is 0 Å². The molecule has 2 heterocycles. The van der Waals surface area contributed by atoms with Gasteiger partial charge in [0.2, 0.25) is 0 Å². The van der Waals surface area contributed by atoms with Crippen LogP contribution in [0.25, 0.3) is 21.8 Å². The van der Waals surface area contributed by atoms with Crippen LogP contribution in [0.5, 0.6) is 5.75 Å². The maximum atomic E-state index is 12.6. The van der Waals surface area contributed by atoms with Gasteiger partial charge >= 0.3 is 5.97 Å². The smallest absolute Gasteiger partial charge is 0.312 e. The molecule has 6 nitrogen and oxygen atoms in total. The van der Waals surface area contributed by atoms with E-state index < -0.39 is 0 Å². The number of benzene rings is 3. The van der Waals surface area contributed by atoms with Crippen LogP contribution in [-0.4, -0.2) is 15.9 Å². The molecule has 1 aromatic heterocycles. The molecule has 1 atom stereocenters. The maximum Gasteiger partial charge on any atom is 0.312 e. The molecule has 0 spiro atoms. The molecule has 0 fully saturated rings. The van der Waals surface area contributed by atoms with Gasteiger partial charge in [-0.15, -0.1) is 0 Å². The molecule has 0 radical (unpaired) electrons. The Hall–Kier alpha value is -4.29. The van der Waals surface area contributed by atoms with E-state index in [9.17, 15) is 15.3 Å². The summed E-state index contributed by atoms with van der Waals surface area (Å²) >= 11 is 0. The second-order valence-corrected chi connectivity index (χ2v) is 7.22. The summed E-state index contributed by atoms with van der Waals surface area (Å²) < 4.78 is 5.72. The van der Waals surface area contributed by atoms with E-state index in [0.717, 1.165) is 27.5 Å². The zero-order valence-electron chi connectivity index (χ0n) is 16.0. The number of carbonyl (C=O) groups excluding carboxylic acids is 1. The number of nitrogens with zero attached hydrogens (tertiary/aromatic N) is 4. The molecule has 0 saturated carbocycles. The van der Waals surface area contributed by atoms with E-state index in [1.807, 2.05) is 67.6 Å². The molecule has 6 heteroatoms. The second-order valence-electron chi connectivity index (χ2n) is 7.22. The summed E-state index contributed by atoms with van der Waals surface area (Å²) in [6, 6.07) is 19.2. The summed E-state index contributed by atoms with van der Waals surface area (Å²) in [6.07, 6.45) is 0.162. The zero-order valence-corrected chi connectivity index (χ0v) is 16.0. The third kappa shape index (κ3) is 2.52. The molecular formula is C24H14N4O2. The molecule has 142 valence electrons.